The third kappa shape index (κ3) is 2.32. The number of rotatable bonds is 1. The van der Waals surface area contributed by atoms with Crippen molar-refractivity contribution in [3.63, 3.8) is 0 Å². The molecule has 0 unspecified atom stereocenters. The van der Waals surface area contributed by atoms with Crippen molar-refractivity contribution in [1.29, 1.82) is 0 Å². The number of carbonyl (C=O) groups excluding carboxylic acids is 2. The number of pyridine rings is 1. The third-order valence-corrected chi connectivity index (χ3v) is 8.75. The van der Waals surface area contributed by atoms with Gasteiger partial charge >= 0.3 is 0 Å². The fourth-order valence-electron chi connectivity index (χ4n) is 5.88. The zero-order valence-electron chi connectivity index (χ0n) is 19.5. The molecule has 8 rings (SSSR count). The SMILES string of the molecule is CC1(C)c2cc(/C=C3/C(=O)c4cc5ccoc5cc4C3=O)sc2-n2c3ncccc3c3cccc1c32. The molecule has 2 aromatic carbocycles. The van der Waals surface area contributed by atoms with Gasteiger partial charge in [-0.15, -0.1) is 11.3 Å². The second-order valence-corrected chi connectivity index (χ2v) is 11.0. The Bertz CT molecular complexity index is 1960. The molecule has 5 nitrogen and oxygen atoms in total. The maximum atomic E-state index is 13.3. The van der Waals surface area contributed by atoms with Gasteiger partial charge < -0.3 is 4.42 Å². The summed E-state index contributed by atoms with van der Waals surface area (Å²) in [7, 11) is 0. The van der Waals surface area contributed by atoms with Crippen LogP contribution in [0.2, 0.25) is 0 Å². The minimum absolute atomic E-state index is 0.201. The van der Waals surface area contributed by atoms with Crippen LogP contribution in [0.4, 0.5) is 0 Å². The van der Waals surface area contributed by atoms with Crippen molar-refractivity contribution in [1.82, 2.24) is 9.55 Å². The monoisotopic (exact) mass is 486 g/mol. The molecule has 0 bridgehead atoms. The minimum atomic E-state index is -0.252. The molecular weight excluding hydrogens is 468 g/mol. The number of hydrogen-bond acceptors (Lipinski definition) is 5. The number of thiophene rings is 1. The van der Waals surface area contributed by atoms with Gasteiger partial charge in [-0.3, -0.25) is 14.2 Å². The van der Waals surface area contributed by atoms with E-state index >= 15 is 0 Å². The first-order valence-corrected chi connectivity index (χ1v) is 12.6. The van der Waals surface area contributed by atoms with E-state index in [1.165, 1.54) is 16.5 Å². The van der Waals surface area contributed by atoms with E-state index in [-0.39, 0.29) is 22.6 Å². The summed E-state index contributed by atoms with van der Waals surface area (Å²) in [5, 5.41) is 4.20. The first-order chi connectivity index (χ1) is 17.4. The number of furan rings is 1. The van der Waals surface area contributed by atoms with Crippen LogP contribution >= 0.6 is 11.3 Å². The van der Waals surface area contributed by atoms with E-state index in [4.69, 9.17) is 9.40 Å². The summed E-state index contributed by atoms with van der Waals surface area (Å²) >= 11 is 1.59. The first kappa shape index (κ1) is 20.0. The molecule has 1 aliphatic heterocycles. The average molecular weight is 487 g/mol. The molecule has 5 heterocycles. The fourth-order valence-corrected chi connectivity index (χ4v) is 7.15. The Hall–Kier alpha value is -4.29. The van der Waals surface area contributed by atoms with Crippen LogP contribution in [0.15, 0.2) is 77.0 Å². The van der Waals surface area contributed by atoms with Crippen molar-refractivity contribution in [3.05, 3.63) is 99.8 Å². The summed E-state index contributed by atoms with van der Waals surface area (Å²) in [4.78, 5) is 32.2. The number of benzene rings is 2. The number of hydrogen-bond donors (Lipinski definition) is 0. The van der Waals surface area contributed by atoms with Crippen molar-refractivity contribution < 1.29 is 14.0 Å². The van der Waals surface area contributed by atoms with Crippen LogP contribution in [0.1, 0.15) is 50.6 Å². The highest BCUT2D eigenvalue weighted by Gasteiger charge is 2.38. The molecule has 0 N–H and O–H groups in total. The first-order valence-electron chi connectivity index (χ1n) is 11.8. The van der Waals surface area contributed by atoms with Crippen LogP contribution in [-0.2, 0) is 5.41 Å². The number of allylic oxidation sites excluding steroid dienone is 1. The Labute approximate surface area is 209 Å². The second kappa shape index (κ2) is 6.47. The predicted molar refractivity (Wildman–Crippen MR) is 141 cm³/mol. The van der Waals surface area contributed by atoms with E-state index in [9.17, 15) is 9.59 Å². The second-order valence-electron chi connectivity index (χ2n) is 9.98. The largest absolute Gasteiger partial charge is 0.464 e. The number of carbonyl (C=O) groups is 2. The molecule has 0 spiro atoms. The molecule has 36 heavy (non-hydrogen) atoms. The zero-order valence-corrected chi connectivity index (χ0v) is 20.3. The van der Waals surface area contributed by atoms with Gasteiger partial charge in [-0.05, 0) is 53.6 Å². The standard InChI is InChI=1S/C30H18N2O3S/c1-30(2)22-7-3-5-17-18-6-4-9-31-28(18)32(25(17)22)29-23(30)13-16(36-29)12-21-26(33)19-11-15-8-10-35-24(15)14-20(19)27(21)34/h3-14H,1-2H3/b21-12-. The maximum Gasteiger partial charge on any atom is 0.197 e. The third-order valence-electron chi connectivity index (χ3n) is 7.69. The highest BCUT2D eigenvalue weighted by molar-refractivity contribution is 7.15. The van der Waals surface area contributed by atoms with Crippen molar-refractivity contribution in [2.45, 2.75) is 19.3 Å². The summed E-state index contributed by atoms with van der Waals surface area (Å²) in [5.41, 5.74) is 5.91. The quantitative estimate of drug-likeness (QED) is 0.184. The van der Waals surface area contributed by atoms with Crippen LogP contribution in [0.5, 0.6) is 0 Å². The maximum absolute atomic E-state index is 13.3. The van der Waals surface area contributed by atoms with Crippen LogP contribution in [-0.4, -0.2) is 21.1 Å². The summed E-state index contributed by atoms with van der Waals surface area (Å²) in [6, 6.07) is 17.9. The van der Waals surface area contributed by atoms with Crippen molar-refractivity contribution in [3.8, 4) is 5.00 Å². The molecule has 2 aliphatic rings. The molecule has 6 aromatic rings. The fraction of sp³-hybridized carbons (Fsp3) is 0.100. The van der Waals surface area contributed by atoms with E-state index in [1.807, 2.05) is 12.3 Å². The molecular formula is C30H18N2O3S. The van der Waals surface area contributed by atoms with Crippen molar-refractivity contribution in [2.24, 2.45) is 0 Å². The van der Waals surface area contributed by atoms with Crippen molar-refractivity contribution >= 4 is 61.9 Å². The molecule has 0 saturated heterocycles. The molecule has 172 valence electrons. The summed E-state index contributed by atoms with van der Waals surface area (Å²) in [6.07, 6.45) is 5.15. The normalized spacial score (nSPS) is 17.0. The Morgan fingerprint density at radius 2 is 1.75 bits per heavy atom. The summed E-state index contributed by atoms with van der Waals surface area (Å²) in [6.45, 7) is 4.46. The number of nitrogens with zero attached hydrogens (tertiary/aromatic N) is 2. The van der Waals surface area contributed by atoms with Gasteiger partial charge in [-0.2, -0.15) is 0 Å². The highest BCUT2D eigenvalue weighted by atomic mass is 32.1. The number of fused-ring (bicyclic) bond motifs is 7. The lowest BCUT2D eigenvalue weighted by molar-refractivity contribution is 0.0990. The molecule has 0 fully saturated rings. The Morgan fingerprint density at radius 3 is 2.61 bits per heavy atom. The van der Waals surface area contributed by atoms with Gasteiger partial charge in [-0.25, -0.2) is 4.98 Å². The van der Waals surface area contributed by atoms with E-state index in [1.54, 1.807) is 41.9 Å². The Balaban J connectivity index is 1.35. The van der Waals surface area contributed by atoms with E-state index in [0.29, 0.717) is 16.7 Å². The molecule has 4 aromatic heterocycles. The number of aromatic nitrogens is 2. The molecule has 0 saturated carbocycles. The topological polar surface area (TPSA) is 65.1 Å². The van der Waals surface area contributed by atoms with E-state index in [2.05, 4.69) is 48.7 Å². The van der Waals surface area contributed by atoms with E-state index < -0.39 is 0 Å². The summed E-state index contributed by atoms with van der Waals surface area (Å²) in [5.74, 6) is -0.486. The van der Waals surface area contributed by atoms with Crippen molar-refractivity contribution in [2.75, 3.05) is 0 Å². The van der Waals surface area contributed by atoms with Gasteiger partial charge in [0.2, 0.25) is 0 Å². The van der Waals surface area contributed by atoms with Gasteiger partial charge in [-0.1, -0.05) is 32.0 Å². The minimum Gasteiger partial charge on any atom is -0.464 e. The van der Waals surface area contributed by atoms with Crippen LogP contribution in [0, 0.1) is 0 Å². The van der Waals surface area contributed by atoms with Crippen LogP contribution in [0.25, 0.3) is 44.0 Å². The van der Waals surface area contributed by atoms with Gasteiger partial charge in [0.1, 0.15) is 16.2 Å². The molecule has 0 atom stereocenters. The molecule has 1 aliphatic carbocycles. The lowest BCUT2D eigenvalue weighted by Gasteiger charge is -2.32. The van der Waals surface area contributed by atoms with E-state index in [0.717, 1.165) is 31.9 Å². The molecule has 0 amide bonds. The van der Waals surface area contributed by atoms with Gasteiger partial charge in [0.05, 0.1) is 17.4 Å². The predicted octanol–water partition coefficient (Wildman–Crippen LogP) is 7.09. The lowest BCUT2D eigenvalue weighted by Crippen LogP contribution is -2.24. The van der Waals surface area contributed by atoms with Crippen LogP contribution in [0.3, 0.4) is 0 Å². The lowest BCUT2D eigenvalue weighted by atomic mass is 9.76. The number of para-hydroxylation sites is 1. The highest BCUT2D eigenvalue weighted by Crippen LogP contribution is 2.50. The molecule has 6 heteroatoms. The molecule has 0 radical (unpaired) electrons. The summed E-state index contributed by atoms with van der Waals surface area (Å²) < 4.78 is 7.70. The number of ketones is 2. The van der Waals surface area contributed by atoms with Gasteiger partial charge in [0, 0.05) is 43.8 Å². The Morgan fingerprint density at radius 1 is 0.944 bits per heavy atom. The number of Topliss-reactive ketones (excluding diaryl/α,β-unsaturated/α-hetero) is 2. The average Bonchev–Trinajstić information content (AvgIpc) is 3.63. The zero-order chi connectivity index (χ0) is 24.3. The smallest absolute Gasteiger partial charge is 0.197 e. The van der Waals surface area contributed by atoms with Crippen LogP contribution < -0.4 is 0 Å². The Kier molecular flexibility index (Phi) is 3.59. The van der Waals surface area contributed by atoms with Gasteiger partial charge in [0.15, 0.2) is 11.6 Å². The van der Waals surface area contributed by atoms with Gasteiger partial charge in [0.25, 0.3) is 0 Å².